The molecule has 170 valence electrons. The minimum Gasteiger partial charge on any atom is -0.481 e. The molecule has 1 aromatic carbocycles. The second-order valence-electron chi connectivity index (χ2n) is 6.06. The molecule has 1 heterocycles. The maximum Gasteiger partial charge on any atom is 0.490 e. The van der Waals surface area contributed by atoms with Crippen LogP contribution in [-0.4, -0.2) is 57.3 Å². The first-order chi connectivity index (χ1) is 14.4. The summed E-state index contributed by atoms with van der Waals surface area (Å²) in [4.78, 5) is 36.3. The normalized spacial score (nSPS) is 10.9. The Balaban J connectivity index is 0.000000592. The number of nitrogens with zero attached hydrogens (tertiary/aromatic N) is 1. The number of carboxylic acid groups (broad SMARTS) is 2. The lowest BCUT2D eigenvalue weighted by atomic mass is 10.0. The summed E-state index contributed by atoms with van der Waals surface area (Å²) in [6, 6.07) is 7.80. The fraction of sp³-hybridized carbons (Fsp3) is 0.368. The average molecular weight is 479 g/mol. The number of amides is 1. The van der Waals surface area contributed by atoms with Crippen LogP contribution in [0.25, 0.3) is 10.9 Å². The van der Waals surface area contributed by atoms with Crippen LogP contribution in [0, 0.1) is 13.8 Å². The number of hydrogen-bond acceptors (Lipinski definition) is 6. The van der Waals surface area contributed by atoms with Crippen molar-refractivity contribution in [1.82, 2.24) is 10.3 Å². The maximum absolute atomic E-state index is 12.5. The molecule has 7 nitrogen and oxygen atoms in total. The van der Waals surface area contributed by atoms with Crippen molar-refractivity contribution in [2.45, 2.75) is 26.4 Å². The van der Waals surface area contributed by atoms with Gasteiger partial charge in [-0.25, -0.2) is 4.79 Å². The third-order valence-corrected chi connectivity index (χ3v) is 6.16. The number of fused-ring (bicyclic) bond motifs is 1. The number of para-hydroxylation sites is 1. The molecule has 0 radical (unpaired) electrons. The second kappa shape index (κ2) is 12.4. The quantitative estimate of drug-likeness (QED) is 0.384. The highest BCUT2D eigenvalue weighted by molar-refractivity contribution is 8.76. The van der Waals surface area contributed by atoms with Crippen molar-refractivity contribution in [3.63, 3.8) is 0 Å². The Labute approximate surface area is 184 Å². The number of hydrogen-bond donors (Lipinski definition) is 3. The fourth-order valence-electron chi connectivity index (χ4n) is 2.41. The van der Waals surface area contributed by atoms with Crippen LogP contribution >= 0.6 is 21.6 Å². The fourth-order valence-corrected chi connectivity index (χ4v) is 4.29. The van der Waals surface area contributed by atoms with Gasteiger partial charge in [-0.05, 0) is 25.5 Å². The molecule has 0 spiro atoms. The second-order valence-corrected chi connectivity index (χ2v) is 8.76. The number of carbonyl (C=O) groups excluding carboxylic acids is 1. The van der Waals surface area contributed by atoms with E-state index in [-0.39, 0.29) is 12.3 Å². The Morgan fingerprint density at radius 3 is 2.23 bits per heavy atom. The van der Waals surface area contributed by atoms with Gasteiger partial charge in [-0.3, -0.25) is 14.6 Å². The van der Waals surface area contributed by atoms with E-state index in [9.17, 15) is 22.8 Å². The molecule has 3 N–H and O–H groups in total. The van der Waals surface area contributed by atoms with Crippen molar-refractivity contribution in [2.75, 3.05) is 18.1 Å². The highest BCUT2D eigenvalue weighted by Crippen LogP contribution is 2.23. The summed E-state index contributed by atoms with van der Waals surface area (Å²) in [6.07, 6.45) is -4.93. The van der Waals surface area contributed by atoms with E-state index in [1.807, 2.05) is 38.1 Å². The van der Waals surface area contributed by atoms with Crippen molar-refractivity contribution in [3.8, 4) is 0 Å². The zero-order chi connectivity index (χ0) is 23.6. The lowest BCUT2D eigenvalue weighted by Gasteiger charge is -2.12. The summed E-state index contributed by atoms with van der Waals surface area (Å²) in [5.41, 5.74) is 3.21. The summed E-state index contributed by atoms with van der Waals surface area (Å²) in [6.45, 7) is 4.34. The summed E-state index contributed by atoms with van der Waals surface area (Å²) in [7, 11) is 3.08. The molecule has 12 heteroatoms. The number of alkyl halides is 3. The summed E-state index contributed by atoms with van der Waals surface area (Å²) >= 11 is 0. The first-order valence-corrected chi connectivity index (χ1v) is 11.3. The zero-order valence-electron chi connectivity index (χ0n) is 16.7. The van der Waals surface area contributed by atoms with Crippen LogP contribution in [-0.2, 0) is 9.59 Å². The summed E-state index contributed by atoms with van der Waals surface area (Å²) < 4.78 is 31.7. The van der Waals surface area contributed by atoms with E-state index in [4.69, 9.17) is 15.0 Å². The minimum atomic E-state index is -5.08. The monoisotopic (exact) mass is 478 g/mol. The Hall–Kier alpha value is -2.47. The summed E-state index contributed by atoms with van der Waals surface area (Å²) in [5, 5.41) is 19.6. The Morgan fingerprint density at radius 1 is 1.06 bits per heavy atom. The predicted molar refractivity (Wildman–Crippen MR) is 114 cm³/mol. The van der Waals surface area contributed by atoms with Crippen LogP contribution in [0.15, 0.2) is 24.3 Å². The molecule has 0 saturated carbocycles. The minimum absolute atomic E-state index is 0.112. The third-order valence-electron chi connectivity index (χ3n) is 3.76. The van der Waals surface area contributed by atoms with Crippen LogP contribution in [0.4, 0.5) is 13.2 Å². The van der Waals surface area contributed by atoms with Gasteiger partial charge >= 0.3 is 18.1 Å². The zero-order valence-corrected chi connectivity index (χ0v) is 18.3. The number of carbonyl (C=O) groups is 3. The number of nitrogens with one attached hydrogen (secondary N) is 1. The molecule has 31 heavy (non-hydrogen) atoms. The lowest BCUT2D eigenvalue weighted by molar-refractivity contribution is -0.192. The number of benzene rings is 1. The van der Waals surface area contributed by atoms with Crippen molar-refractivity contribution >= 4 is 50.3 Å². The van der Waals surface area contributed by atoms with Gasteiger partial charge < -0.3 is 15.5 Å². The number of aryl methyl sites for hydroxylation is 2. The smallest absolute Gasteiger partial charge is 0.481 e. The number of rotatable bonds is 8. The number of aromatic nitrogens is 1. The van der Waals surface area contributed by atoms with E-state index in [1.54, 1.807) is 10.8 Å². The molecule has 0 aliphatic carbocycles. The van der Waals surface area contributed by atoms with Crippen LogP contribution in [0.2, 0.25) is 0 Å². The molecule has 1 aromatic heterocycles. The molecule has 0 saturated heterocycles. The van der Waals surface area contributed by atoms with Gasteiger partial charge in [0.05, 0.1) is 23.2 Å². The van der Waals surface area contributed by atoms with Crippen LogP contribution in [0.3, 0.4) is 0 Å². The largest absolute Gasteiger partial charge is 0.490 e. The van der Waals surface area contributed by atoms with E-state index in [0.29, 0.717) is 17.9 Å². The van der Waals surface area contributed by atoms with E-state index in [1.165, 1.54) is 10.8 Å². The molecule has 0 bridgehead atoms. The number of aliphatic carboxylic acids is 2. The standard InChI is InChI=1S/C17H20N2O3S2.C2HF3O2/c1-11-13-5-3-4-6-14(13)19-12(2)16(11)17(22)18-8-10-24-23-9-7-15(20)21;3-2(4,5)1(6)7/h3-6H,7-10H2,1-2H3,(H,18,22)(H,20,21);(H,6,7). The van der Waals surface area contributed by atoms with Gasteiger partial charge in [-0.2, -0.15) is 13.2 Å². The lowest BCUT2D eigenvalue weighted by Crippen LogP contribution is -2.27. The molecular formula is C19H21F3N2O5S2. The molecule has 0 unspecified atom stereocenters. The topological polar surface area (TPSA) is 117 Å². The summed E-state index contributed by atoms with van der Waals surface area (Å²) in [5.74, 6) is -2.35. The van der Waals surface area contributed by atoms with Gasteiger partial charge in [-0.15, -0.1) is 0 Å². The van der Waals surface area contributed by atoms with E-state index in [2.05, 4.69) is 10.3 Å². The highest BCUT2D eigenvalue weighted by Gasteiger charge is 2.38. The molecule has 2 rings (SSSR count). The number of carboxylic acids is 2. The Bertz CT molecular complexity index is 939. The number of pyridine rings is 1. The molecule has 2 aromatic rings. The third kappa shape index (κ3) is 9.05. The molecule has 1 amide bonds. The van der Waals surface area contributed by atoms with E-state index in [0.717, 1.165) is 27.9 Å². The molecule has 0 aliphatic heterocycles. The average Bonchev–Trinajstić information content (AvgIpc) is 2.66. The van der Waals surface area contributed by atoms with Crippen molar-refractivity contribution in [3.05, 3.63) is 41.1 Å². The van der Waals surface area contributed by atoms with Gasteiger partial charge in [-0.1, -0.05) is 39.8 Å². The first-order valence-electron chi connectivity index (χ1n) is 8.85. The maximum atomic E-state index is 12.5. The van der Waals surface area contributed by atoms with Crippen LogP contribution < -0.4 is 5.32 Å². The van der Waals surface area contributed by atoms with Crippen LogP contribution in [0.5, 0.6) is 0 Å². The van der Waals surface area contributed by atoms with Gasteiger partial charge in [0.25, 0.3) is 5.91 Å². The van der Waals surface area contributed by atoms with E-state index < -0.39 is 18.1 Å². The predicted octanol–water partition coefficient (Wildman–Crippen LogP) is 4.07. The van der Waals surface area contributed by atoms with Gasteiger partial charge in [0.2, 0.25) is 0 Å². The number of halogens is 3. The Kier molecular flexibility index (Phi) is 10.6. The Morgan fingerprint density at radius 2 is 1.65 bits per heavy atom. The van der Waals surface area contributed by atoms with Gasteiger partial charge in [0.1, 0.15) is 0 Å². The SMILES string of the molecule is Cc1nc2ccccc2c(C)c1C(=O)NCCSSCCC(=O)O.O=C(O)C(F)(F)F. The first kappa shape index (κ1) is 26.6. The van der Waals surface area contributed by atoms with Crippen molar-refractivity contribution < 1.29 is 37.8 Å². The van der Waals surface area contributed by atoms with Crippen LogP contribution in [0.1, 0.15) is 28.0 Å². The molecule has 0 aliphatic rings. The highest BCUT2D eigenvalue weighted by atomic mass is 33.1. The molecule has 0 fully saturated rings. The van der Waals surface area contributed by atoms with Crippen molar-refractivity contribution in [2.24, 2.45) is 0 Å². The van der Waals surface area contributed by atoms with Gasteiger partial charge in [0, 0.05) is 23.4 Å². The van der Waals surface area contributed by atoms with Crippen molar-refractivity contribution in [1.29, 1.82) is 0 Å². The van der Waals surface area contributed by atoms with Gasteiger partial charge in [0.15, 0.2) is 0 Å². The molecular weight excluding hydrogens is 457 g/mol. The molecule has 0 atom stereocenters. The van der Waals surface area contributed by atoms with E-state index >= 15 is 0 Å².